The summed E-state index contributed by atoms with van der Waals surface area (Å²) in [5, 5.41) is 4.26. The lowest BCUT2D eigenvalue weighted by Crippen LogP contribution is -2.28. The normalized spacial score (nSPS) is 12.6. The molecule has 1 unspecified atom stereocenters. The third-order valence-electron chi connectivity index (χ3n) is 2.88. The second kappa shape index (κ2) is 6.27. The molecule has 19 heavy (non-hydrogen) atoms. The fourth-order valence-corrected chi connectivity index (χ4v) is 2.20. The highest BCUT2D eigenvalue weighted by molar-refractivity contribution is 9.10. The number of hydrogen-bond acceptors (Lipinski definition) is 3. The Balaban J connectivity index is 2.29. The molecule has 1 aromatic carbocycles. The number of aromatic nitrogens is 2. The zero-order valence-corrected chi connectivity index (χ0v) is 12.2. The number of hydrazine groups is 1. The first kappa shape index (κ1) is 14.2. The lowest BCUT2D eigenvalue weighted by Gasteiger charge is -2.15. The minimum absolute atomic E-state index is 0.270. The van der Waals surface area contributed by atoms with Crippen molar-refractivity contribution < 1.29 is 4.39 Å². The molecule has 4 nitrogen and oxygen atoms in total. The monoisotopic (exact) mass is 326 g/mol. The third-order valence-corrected chi connectivity index (χ3v) is 3.53. The molecule has 1 heterocycles. The molecule has 1 aromatic heterocycles. The zero-order chi connectivity index (χ0) is 13.8. The maximum Gasteiger partial charge on any atom is 0.137 e. The number of nitrogens with one attached hydrogen (secondary N) is 1. The van der Waals surface area contributed by atoms with Gasteiger partial charge in [0.2, 0.25) is 0 Å². The van der Waals surface area contributed by atoms with Gasteiger partial charge in [-0.15, -0.1) is 0 Å². The first-order chi connectivity index (χ1) is 9.15. The van der Waals surface area contributed by atoms with Crippen LogP contribution in [0, 0.1) is 5.82 Å². The van der Waals surface area contributed by atoms with E-state index in [0.29, 0.717) is 4.47 Å². The average molecular weight is 327 g/mol. The lowest BCUT2D eigenvalue weighted by molar-refractivity contribution is 0.592. The number of aryl methyl sites for hydroxylation is 1. The summed E-state index contributed by atoms with van der Waals surface area (Å²) in [5.41, 5.74) is 4.38. The Bertz CT molecular complexity index is 555. The molecule has 0 aliphatic heterocycles. The van der Waals surface area contributed by atoms with Crippen molar-refractivity contribution in [3.63, 3.8) is 0 Å². The maximum absolute atomic E-state index is 13.6. The van der Waals surface area contributed by atoms with E-state index in [0.717, 1.165) is 24.1 Å². The summed E-state index contributed by atoms with van der Waals surface area (Å²) < 4.78 is 15.9. The van der Waals surface area contributed by atoms with E-state index in [2.05, 4.69) is 33.4 Å². The summed E-state index contributed by atoms with van der Waals surface area (Å²) in [4.78, 5) is 0. The largest absolute Gasteiger partial charge is 0.272 e. The van der Waals surface area contributed by atoms with Crippen LogP contribution < -0.4 is 11.3 Å². The van der Waals surface area contributed by atoms with Crippen molar-refractivity contribution in [3.8, 4) is 0 Å². The Morgan fingerprint density at radius 3 is 2.89 bits per heavy atom. The van der Waals surface area contributed by atoms with Gasteiger partial charge in [0.1, 0.15) is 5.82 Å². The molecule has 3 N–H and O–H groups in total. The molecule has 1 atom stereocenters. The molecule has 0 bridgehead atoms. The summed E-state index contributed by atoms with van der Waals surface area (Å²) >= 11 is 3.14. The van der Waals surface area contributed by atoms with Crippen molar-refractivity contribution in [2.75, 3.05) is 0 Å². The second-order valence-corrected chi connectivity index (χ2v) is 5.16. The van der Waals surface area contributed by atoms with E-state index in [1.807, 2.05) is 16.9 Å². The van der Waals surface area contributed by atoms with E-state index in [4.69, 9.17) is 5.84 Å². The van der Waals surface area contributed by atoms with Crippen LogP contribution in [-0.2, 0) is 6.54 Å². The second-order valence-electron chi connectivity index (χ2n) is 4.31. The first-order valence-electron chi connectivity index (χ1n) is 6.09. The number of nitrogens with zero attached hydrogens (tertiary/aromatic N) is 2. The zero-order valence-electron chi connectivity index (χ0n) is 10.6. The van der Waals surface area contributed by atoms with Gasteiger partial charge in [-0.25, -0.2) is 9.82 Å². The van der Waals surface area contributed by atoms with Gasteiger partial charge in [-0.2, -0.15) is 5.10 Å². The Labute approximate surface area is 119 Å². The summed E-state index contributed by atoms with van der Waals surface area (Å²) in [6.45, 7) is 2.94. The number of halogens is 2. The molecule has 0 saturated carbocycles. The van der Waals surface area contributed by atoms with Crippen molar-refractivity contribution in [2.24, 2.45) is 5.84 Å². The first-order valence-corrected chi connectivity index (χ1v) is 6.88. The quantitative estimate of drug-likeness (QED) is 0.656. The Hall–Kier alpha value is -1.24. The standard InChI is InChI=1S/C13H16BrFN4/c1-2-5-19-8-10(7-17-19)13(18-16)9-3-4-11(14)12(15)6-9/h3-4,6-8,13,18H,2,5,16H2,1H3. The summed E-state index contributed by atoms with van der Waals surface area (Å²) in [5.74, 6) is 5.28. The van der Waals surface area contributed by atoms with Crippen LogP contribution in [0.2, 0.25) is 0 Å². The highest BCUT2D eigenvalue weighted by Crippen LogP contribution is 2.24. The number of rotatable bonds is 5. The van der Waals surface area contributed by atoms with Gasteiger partial charge >= 0.3 is 0 Å². The van der Waals surface area contributed by atoms with E-state index < -0.39 is 0 Å². The molecule has 0 fully saturated rings. The molecule has 0 aliphatic rings. The van der Waals surface area contributed by atoms with E-state index >= 15 is 0 Å². The maximum atomic E-state index is 13.6. The van der Waals surface area contributed by atoms with Crippen LogP contribution in [0.15, 0.2) is 35.1 Å². The smallest absolute Gasteiger partial charge is 0.137 e. The molecular formula is C13H16BrFN4. The third kappa shape index (κ3) is 3.20. The van der Waals surface area contributed by atoms with Crippen LogP contribution in [0.4, 0.5) is 4.39 Å². The van der Waals surface area contributed by atoms with Gasteiger partial charge in [0.05, 0.1) is 16.7 Å². The highest BCUT2D eigenvalue weighted by Gasteiger charge is 2.15. The lowest BCUT2D eigenvalue weighted by atomic mass is 10.0. The average Bonchev–Trinajstić information content (AvgIpc) is 2.83. The van der Waals surface area contributed by atoms with E-state index in [1.165, 1.54) is 6.07 Å². The summed E-state index contributed by atoms with van der Waals surface area (Å²) in [7, 11) is 0. The van der Waals surface area contributed by atoms with Crippen LogP contribution in [0.25, 0.3) is 0 Å². The minimum Gasteiger partial charge on any atom is -0.272 e. The van der Waals surface area contributed by atoms with Crippen molar-refractivity contribution in [1.82, 2.24) is 15.2 Å². The fraction of sp³-hybridized carbons (Fsp3) is 0.308. The topological polar surface area (TPSA) is 55.9 Å². The van der Waals surface area contributed by atoms with Gasteiger partial charge in [0.15, 0.2) is 0 Å². The summed E-state index contributed by atoms with van der Waals surface area (Å²) in [6, 6.07) is 4.69. The minimum atomic E-state index is -0.307. The SMILES string of the molecule is CCCn1cc(C(NN)c2ccc(Br)c(F)c2)cn1. The van der Waals surface area contributed by atoms with Gasteiger partial charge < -0.3 is 0 Å². The van der Waals surface area contributed by atoms with Gasteiger partial charge in [0, 0.05) is 18.3 Å². The molecule has 0 aliphatic carbocycles. The van der Waals surface area contributed by atoms with E-state index in [-0.39, 0.29) is 11.9 Å². The van der Waals surface area contributed by atoms with Crippen LogP contribution in [0.5, 0.6) is 0 Å². The van der Waals surface area contributed by atoms with Crippen LogP contribution in [-0.4, -0.2) is 9.78 Å². The number of nitrogens with two attached hydrogens (primary N) is 1. The predicted octanol–water partition coefficient (Wildman–Crippen LogP) is 2.75. The van der Waals surface area contributed by atoms with E-state index in [9.17, 15) is 4.39 Å². The molecule has 0 saturated heterocycles. The molecular weight excluding hydrogens is 311 g/mol. The molecule has 102 valence electrons. The van der Waals surface area contributed by atoms with Gasteiger partial charge in [-0.05, 0) is 40.0 Å². The van der Waals surface area contributed by atoms with Crippen LogP contribution in [0.3, 0.4) is 0 Å². The molecule has 0 spiro atoms. The Kier molecular flexibility index (Phi) is 4.68. The molecule has 2 rings (SSSR count). The van der Waals surface area contributed by atoms with Crippen LogP contribution in [0.1, 0.15) is 30.5 Å². The Morgan fingerprint density at radius 1 is 1.47 bits per heavy atom. The molecule has 0 radical (unpaired) electrons. The van der Waals surface area contributed by atoms with Crippen LogP contribution >= 0.6 is 15.9 Å². The fourth-order valence-electron chi connectivity index (χ4n) is 1.96. The van der Waals surface area contributed by atoms with Crippen molar-refractivity contribution in [2.45, 2.75) is 25.9 Å². The van der Waals surface area contributed by atoms with Gasteiger partial charge in [0.25, 0.3) is 0 Å². The number of hydrogen-bond donors (Lipinski definition) is 2. The van der Waals surface area contributed by atoms with Gasteiger partial charge in [-0.1, -0.05) is 13.0 Å². The Morgan fingerprint density at radius 2 is 2.26 bits per heavy atom. The molecule has 0 amide bonds. The van der Waals surface area contributed by atoms with Crippen molar-refractivity contribution >= 4 is 15.9 Å². The van der Waals surface area contributed by atoms with Gasteiger partial charge in [-0.3, -0.25) is 10.5 Å². The predicted molar refractivity (Wildman–Crippen MR) is 75.8 cm³/mol. The number of benzene rings is 1. The van der Waals surface area contributed by atoms with Crippen molar-refractivity contribution in [3.05, 3.63) is 52.0 Å². The molecule has 2 aromatic rings. The summed E-state index contributed by atoms with van der Waals surface area (Å²) in [6.07, 6.45) is 4.68. The highest BCUT2D eigenvalue weighted by atomic mass is 79.9. The molecule has 6 heteroatoms. The van der Waals surface area contributed by atoms with Crippen molar-refractivity contribution in [1.29, 1.82) is 0 Å². The van der Waals surface area contributed by atoms with E-state index in [1.54, 1.807) is 12.3 Å².